The number of benzene rings is 1. The lowest BCUT2D eigenvalue weighted by Gasteiger charge is -2.31. The largest absolute Gasteiger partial charge is 0.365 e. The molecule has 0 bridgehead atoms. The van der Waals surface area contributed by atoms with E-state index in [0.29, 0.717) is 6.04 Å². The van der Waals surface area contributed by atoms with Gasteiger partial charge in [0.15, 0.2) is 0 Å². The molecule has 6 heteroatoms. The van der Waals surface area contributed by atoms with Crippen LogP contribution >= 0.6 is 22.6 Å². The number of rotatable bonds is 5. The first kappa shape index (κ1) is 15.5. The molecule has 1 heterocycles. The van der Waals surface area contributed by atoms with Crippen LogP contribution in [0.2, 0.25) is 0 Å². The number of nitro groups is 1. The molecule has 1 N–H and O–H groups in total. The Labute approximate surface area is 133 Å². The number of hydrogen-bond acceptors (Lipinski definition) is 4. The summed E-state index contributed by atoms with van der Waals surface area (Å²) in [7, 11) is 0. The quantitative estimate of drug-likeness (QED) is 0.478. The van der Waals surface area contributed by atoms with E-state index in [1.54, 1.807) is 6.07 Å². The third kappa shape index (κ3) is 3.82. The second kappa shape index (κ2) is 7.21. The maximum Gasteiger partial charge on any atom is 0.293 e. The summed E-state index contributed by atoms with van der Waals surface area (Å²) < 4.78 is 0.893. The van der Waals surface area contributed by atoms with Crippen LogP contribution in [0.1, 0.15) is 26.2 Å². The summed E-state index contributed by atoms with van der Waals surface area (Å²) >= 11 is 2.11. The van der Waals surface area contributed by atoms with Crippen molar-refractivity contribution in [3.63, 3.8) is 0 Å². The van der Waals surface area contributed by atoms with Gasteiger partial charge in [-0.15, -0.1) is 0 Å². The smallest absolute Gasteiger partial charge is 0.293 e. The molecule has 1 unspecified atom stereocenters. The van der Waals surface area contributed by atoms with Crippen molar-refractivity contribution in [3.8, 4) is 0 Å². The van der Waals surface area contributed by atoms with Gasteiger partial charge in [-0.1, -0.05) is 6.42 Å². The molecule has 1 atom stereocenters. The van der Waals surface area contributed by atoms with E-state index in [-0.39, 0.29) is 10.6 Å². The van der Waals surface area contributed by atoms with Crippen LogP contribution in [0.25, 0.3) is 0 Å². The van der Waals surface area contributed by atoms with Crippen molar-refractivity contribution < 1.29 is 4.92 Å². The number of anilines is 1. The third-order valence-electron chi connectivity index (χ3n) is 3.71. The average molecular weight is 389 g/mol. The zero-order chi connectivity index (χ0) is 14.5. The van der Waals surface area contributed by atoms with Gasteiger partial charge in [0, 0.05) is 28.8 Å². The molecule has 20 heavy (non-hydrogen) atoms. The molecule has 0 aromatic heterocycles. The highest BCUT2D eigenvalue weighted by molar-refractivity contribution is 14.1. The topological polar surface area (TPSA) is 58.4 Å². The fourth-order valence-electron chi connectivity index (χ4n) is 2.65. The van der Waals surface area contributed by atoms with Crippen LogP contribution in [0.5, 0.6) is 0 Å². The second-order valence-corrected chi connectivity index (χ2v) is 6.32. The van der Waals surface area contributed by atoms with Gasteiger partial charge in [0.1, 0.15) is 5.69 Å². The SMILES string of the molecule is CCN(CC1CCCCN1)c1ccc(I)cc1[N+](=O)[O-]. The molecule has 0 aliphatic carbocycles. The molecule has 5 nitrogen and oxygen atoms in total. The Morgan fingerprint density at radius 2 is 2.30 bits per heavy atom. The van der Waals surface area contributed by atoms with Crippen molar-refractivity contribution in [3.05, 3.63) is 31.9 Å². The highest BCUT2D eigenvalue weighted by Gasteiger charge is 2.22. The van der Waals surface area contributed by atoms with Gasteiger partial charge in [-0.2, -0.15) is 0 Å². The lowest BCUT2D eigenvalue weighted by molar-refractivity contribution is -0.384. The van der Waals surface area contributed by atoms with Gasteiger partial charge in [0.2, 0.25) is 0 Å². The zero-order valence-corrected chi connectivity index (χ0v) is 13.8. The first-order valence-electron chi connectivity index (χ1n) is 7.04. The van der Waals surface area contributed by atoms with Gasteiger partial charge in [-0.25, -0.2) is 0 Å². The van der Waals surface area contributed by atoms with Gasteiger partial charge in [0.05, 0.1) is 4.92 Å². The summed E-state index contributed by atoms with van der Waals surface area (Å²) in [6.07, 6.45) is 3.62. The second-order valence-electron chi connectivity index (χ2n) is 5.08. The first-order chi connectivity index (χ1) is 9.61. The number of halogens is 1. The molecule has 0 saturated carbocycles. The Balaban J connectivity index is 2.19. The fraction of sp³-hybridized carbons (Fsp3) is 0.571. The molecule has 1 aromatic rings. The zero-order valence-electron chi connectivity index (χ0n) is 11.6. The van der Waals surface area contributed by atoms with E-state index < -0.39 is 0 Å². The first-order valence-corrected chi connectivity index (χ1v) is 8.12. The van der Waals surface area contributed by atoms with E-state index in [1.807, 2.05) is 19.1 Å². The van der Waals surface area contributed by atoms with Crippen molar-refractivity contribution in [2.45, 2.75) is 32.2 Å². The van der Waals surface area contributed by atoms with Gasteiger partial charge in [-0.05, 0) is 61.0 Å². The van der Waals surface area contributed by atoms with Crippen LogP contribution in [0.4, 0.5) is 11.4 Å². The summed E-state index contributed by atoms with van der Waals surface area (Å²) in [4.78, 5) is 13.1. The van der Waals surface area contributed by atoms with Crippen molar-refractivity contribution in [2.24, 2.45) is 0 Å². The Kier molecular flexibility index (Phi) is 5.59. The van der Waals surface area contributed by atoms with E-state index in [1.165, 1.54) is 12.8 Å². The van der Waals surface area contributed by atoms with Crippen LogP contribution in [-0.2, 0) is 0 Å². The molecule has 1 fully saturated rings. The molecule has 110 valence electrons. The van der Waals surface area contributed by atoms with E-state index in [0.717, 1.165) is 35.3 Å². The van der Waals surface area contributed by atoms with Gasteiger partial charge in [-0.3, -0.25) is 10.1 Å². The van der Waals surface area contributed by atoms with Gasteiger partial charge >= 0.3 is 0 Å². The van der Waals surface area contributed by atoms with Gasteiger partial charge < -0.3 is 10.2 Å². The summed E-state index contributed by atoms with van der Waals surface area (Å²) in [5.74, 6) is 0. The van der Waals surface area contributed by atoms with Crippen molar-refractivity contribution in [1.29, 1.82) is 0 Å². The van der Waals surface area contributed by atoms with E-state index in [9.17, 15) is 10.1 Å². The fourth-order valence-corrected chi connectivity index (χ4v) is 3.13. The molecule has 1 aromatic carbocycles. The minimum atomic E-state index is -0.283. The molecule has 0 amide bonds. The van der Waals surface area contributed by atoms with E-state index in [2.05, 4.69) is 32.8 Å². The van der Waals surface area contributed by atoms with E-state index >= 15 is 0 Å². The van der Waals surface area contributed by atoms with Gasteiger partial charge in [0.25, 0.3) is 5.69 Å². The number of hydrogen-bond donors (Lipinski definition) is 1. The van der Waals surface area contributed by atoms with Crippen LogP contribution in [0.15, 0.2) is 18.2 Å². The van der Waals surface area contributed by atoms with Crippen LogP contribution in [0, 0.1) is 13.7 Å². The number of piperidine rings is 1. The normalized spacial score (nSPS) is 18.8. The van der Waals surface area contributed by atoms with Crippen LogP contribution < -0.4 is 10.2 Å². The Morgan fingerprint density at radius 1 is 1.50 bits per heavy atom. The molecular weight excluding hydrogens is 369 g/mol. The van der Waals surface area contributed by atoms with Crippen LogP contribution in [0.3, 0.4) is 0 Å². The molecule has 1 saturated heterocycles. The lowest BCUT2D eigenvalue weighted by Crippen LogP contribution is -2.43. The Morgan fingerprint density at radius 3 is 2.90 bits per heavy atom. The summed E-state index contributed by atoms with van der Waals surface area (Å²) in [6.45, 7) is 4.71. The van der Waals surface area contributed by atoms with E-state index in [4.69, 9.17) is 0 Å². The standard InChI is InChI=1S/C14H20IN3O2/c1-2-17(10-12-5-3-4-8-16-12)13-7-6-11(15)9-14(13)18(19)20/h6-7,9,12,16H,2-5,8,10H2,1H3. The Hall–Kier alpha value is -0.890. The highest BCUT2D eigenvalue weighted by atomic mass is 127. The summed E-state index contributed by atoms with van der Waals surface area (Å²) in [5.41, 5.74) is 0.930. The summed E-state index contributed by atoms with van der Waals surface area (Å²) in [5, 5.41) is 14.7. The minimum Gasteiger partial charge on any atom is -0.365 e. The lowest BCUT2D eigenvalue weighted by atomic mass is 10.0. The number of nitro benzene ring substituents is 1. The number of nitrogens with one attached hydrogen (secondary N) is 1. The maximum absolute atomic E-state index is 11.2. The van der Waals surface area contributed by atoms with Crippen LogP contribution in [-0.4, -0.2) is 30.6 Å². The molecule has 0 spiro atoms. The monoisotopic (exact) mass is 389 g/mol. The van der Waals surface area contributed by atoms with Crippen molar-refractivity contribution in [2.75, 3.05) is 24.5 Å². The number of likely N-dealkylation sites (N-methyl/N-ethyl adjacent to an activating group) is 1. The maximum atomic E-state index is 11.2. The molecule has 1 aliphatic heterocycles. The molecule has 2 rings (SSSR count). The predicted octanol–water partition coefficient (Wildman–Crippen LogP) is 3.17. The highest BCUT2D eigenvalue weighted by Crippen LogP contribution is 2.30. The molecule has 1 aliphatic rings. The molecular formula is C14H20IN3O2. The average Bonchev–Trinajstić information content (AvgIpc) is 2.46. The van der Waals surface area contributed by atoms with Crippen molar-refractivity contribution in [1.82, 2.24) is 5.32 Å². The predicted molar refractivity (Wildman–Crippen MR) is 89.3 cm³/mol. The van der Waals surface area contributed by atoms with Crippen molar-refractivity contribution >= 4 is 34.0 Å². The number of nitrogens with zero attached hydrogens (tertiary/aromatic N) is 2. The third-order valence-corrected chi connectivity index (χ3v) is 4.38. The minimum absolute atomic E-state index is 0.203. The summed E-state index contributed by atoms with van der Waals surface area (Å²) in [6, 6.07) is 5.88. The Bertz CT molecular complexity index is 475. The molecule has 0 radical (unpaired) electrons.